The smallest absolute Gasteiger partial charge is 0.291 e. The summed E-state index contributed by atoms with van der Waals surface area (Å²) in [7, 11) is 0. The van der Waals surface area contributed by atoms with E-state index < -0.39 is 10.8 Å². The summed E-state index contributed by atoms with van der Waals surface area (Å²) in [6, 6.07) is 15.1. The van der Waals surface area contributed by atoms with Crippen LogP contribution in [0.5, 0.6) is 5.75 Å². The van der Waals surface area contributed by atoms with Crippen LogP contribution in [0.25, 0.3) is 11.3 Å². The van der Waals surface area contributed by atoms with E-state index in [1.165, 1.54) is 30.3 Å². The number of furan rings is 1. The van der Waals surface area contributed by atoms with Gasteiger partial charge in [-0.25, -0.2) is 0 Å². The summed E-state index contributed by atoms with van der Waals surface area (Å²) >= 11 is 0. The minimum absolute atomic E-state index is 0.0320. The van der Waals surface area contributed by atoms with Gasteiger partial charge in [0.1, 0.15) is 11.5 Å². The second-order valence-electron chi connectivity index (χ2n) is 4.98. The van der Waals surface area contributed by atoms with Gasteiger partial charge in [0, 0.05) is 29.4 Å². The molecule has 0 bridgehead atoms. The molecule has 24 heavy (non-hydrogen) atoms. The fourth-order valence-corrected chi connectivity index (χ4v) is 2.16. The average molecular weight is 324 g/mol. The molecule has 0 aliphatic rings. The number of anilines is 1. The van der Waals surface area contributed by atoms with Crippen LogP contribution < -0.4 is 5.32 Å². The number of hydrogen-bond acceptors (Lipinski definition) is 5. The number of phenols is 1. The SMILES string of the molecule is O=C(Nc1cccc(O)c1)c1ccc(-c2cccc([N+](=O)[O-])c2)o1. The Bertz CT molecular complexity index is 917. The number of nitro groups is 1. The molecule has 0 unspecified atom stereocenters. The summed E-state index contributed by atoms with van der Waals surface area (Å²) in [5.41, 5.74) is 0.864. The first-order valence-corrected chi connectivity index (χ1v) is 6.98. The van der Waals surface area contributed by atoms with Crippen LogP contribution >= 0.6 is 0 Å². The third kappa shape index (κ3) is 3.25. The van der Waals surface area contributed by atoms with Gasteiger partial charge in [-0.05, 0) is 24.3 Å². The van der Waals surface area contributed by atoms with Gasteiger partial charge in [0.15, 0.2) is 5.76 Å². The van der Waals surface area contributed by atoms with Crippen LogP contribution in [0, 0.1) is 10.1 Å². The highest BCUT2D eigenvalue weighted by Gasteiger charge is 2.14. The normalized spacial score (nSPS) is 10.3. The predicted octanol–water partition coefficient (Wildman–Crippen LogP) is 3.81. The molecule has 7 nitrogen and oxygen atoms in total. The molecule has 0 radical (unpaired) electrons. The van der Waals surface area contributed by atoms with Crippen molar-refractivity contribution in [2.75, 3.05) is 5.32 Å². The first kappa shape index (κ1) is 15.3. The number of nitrogens with one attached hydrogen (secondary N) is 1. The standard InChI is InChI=1S/C17H12N2O5/c20-14-6-2-4-12(10-14)18-17(21)16-8-7-15(24-16)11-3-1-5-13(9-11)19(22)23/h1-10,20H,(H,18,21). The van der Waals surface area contributed by atoms with Gasteiger partial charge in [-0.1, -0.05) is 18.2 Å². The maximum atomic E-state index is 12.2. The molecular formula is C17H12N2O5. The van der Waals surface area contributed by atoms with Gasteiger partial charge in [-0.3, -0.25) is 14.9 Å². The predicted molar refractivity (Wildman–Crippen MR) is 86.9 cm³/mol. The van der Waals surface area contributed by atoms with Crippen molar-refractivity contribution in [3.63, 3.8) is 0 Å². The average Bonchev–Trinajstić information content (AvgIpc) is 3.05. The number of aromatic hydroxyl groups is 1. The van der Waals surface area contributed by atoms with E-state index in [0.29, 0.717) is 17.0 Å². The zero-order valence-electron chi connectivity index (χ0n) is 12.3. The third-order valence-electron chi connectivity index (χ3n) is 3.28. The second-order valence-corrected chi connectivity index (χ2v) is 4.98. The lowest BCUT2D eigenvalue weighted by Gasteiger charge is -2.03. The van der Waals surface area contributed by atoms with E-state index >= 15 is 0 Å². The Morgan fingerprint density at radius 3 is 2.62 bits per heavy atom. The number of non-ortho nitro benzene ring substituents is 1. The Hall–Kier alpha value is -3.61. The van der Waals surface area contributed by atoms with E-state index in [2.05, 4.69) is 5.32 Å². The Kier molecular flexibility index (Phi) is 3.98. The van der Waals surface area contributed by atoms with Gasteiger partial charge >= 0.3 is 0 Å². The number of phenolic OH excluding ortho intramolecular Hbond substituents is 1. The lowest BCUT2D eigenvalue weighted by atomic mass is 10.1. The maximum Gasteiger partial charge on any atom is 0.291 e. The monoisotopic (exact) mass is 324 g/mol. The van der Waals surface area contributed by atoms with Gasteiger partial charge in [0.25, 0.3) is 11.6 Å². The molecule has 0 aliphatic carbocycles. The largest absolute Gasteiger partial charge is 0.508 e. The summed E-state index contributed by atoms with van der Waals surface area (Å²) in [4.78, 5) is 22.5. The Morgan fingerprint density at radius 2 is 1.88 bits per heavy atom. The van der Waals surface area contributed by atoms with Gasteiger partial charge < -0.3 is 14.8 Å². The molecule has 1 amide bonds. The summed E-state index contributed by atoms with van der Waals surface area (Å²) in [5.74, 6) is -0.0542. The Balaban J connectivity index is 1.81. The van der Waals surface area contributed by atoms with Crippen molar-refractivity contribution in [3.05, 3.63) is 76.5 Å². The van der Waals surface area contributed by atoms with Crippen molar-refractivity contribution in [1.82, 2.24) is 0 Å². The zero-order valence-corrected chi connectivity index (χ0v) is 12.3. The lowest BCUT2D eigenvalue weighted by molar-refractivity contribution is -0.384. The highest BCUT2D eigenvalue weighted by molar-refractivity contribution is 6.02. The number of rotatable bonds is 4. The molecule has 0 spiro atoms. The fraction of sp³-hybridized carbons (Fsp3) is 0. The van der Waals surface area contributed by atoms with Crippen molar-refractivity contribution in [2.24, 2.45) is 0 Å². The summed E-state index contributed by atoms with van der Waals surface area (Å²) < 4.78 is 5.47. The number of carbonyl (C=O) groups excluding carboxylic acids is 1. The van der Waals surface area contributed by atoms with Crippen LogP contribution in [-0.2, 0) is 0 Å². The molecule has 2 aromatic carbocycles. The molecule has 3 rings (SSSR count). The van der Waals surface area contributed by atoms with Gasteiger partial charge in [0.2, 0.25) is 0 Å². The molecule has 1 aromatic heterocycles. The van der Waals surface area contributed by atoms with Gasteiger partial charge in [0.05, 0.1) is 4.92 Å². The molecule has 1 heterocycles. The van der Waals surface area contributed by atoms with Crippen molar-refractivity contribution in [3.8, 4) is 17.1 Å². The first-order valence-electron chi connectivity index (χ1n) is 6.98. The summed E-state index contributed by atoms with van der Waals surface area (Å²) in [5, 5.41) is 22.8. The molecule has 0 atom stereocenters. The van der Waals surface area contributed by atoms with E-state index in [-0.39, 0.29) is 17.2 Å². The van der Waals surface area contributed by atoms with Crippen LogP contribution in [0.1, 0.15) is 10.6 Å². The van der Waals surface area contributed by atoms with E-state index in [9.17, 15) is 20.0 Å². The highest BCUT2D eigenvalue weighted by Crippen LogP contribution is 2.26. The third-order valence-corrected chi connectivity index (χ3v) is 3.28. The van der Waals surface area contributed by atoms with Crippen LogP contribution in [0.3, 0.4) is 0 Å². The lowest BCUT2D eigenvalue weighted by Crippen LogP contribution is -2.10. The second kappa shape index (κ2) is 6.25. The fourth-order valence-electron chi connectivity index (χ4n) is 2.16. The van der Waals surface area contributed by atoms with Crippen molar-refractivity contribution >= 4 is 17.3 Å². The van der Waals surface area contributed by atoms with E-state index in [0.717, 1.165) is 0 Å². The molecule has 2 N–H and O–H groups in total. The highest BCUT2D eigenvalue weighted by atomic mass is 16.6. The minimum Gasteiger partial charge on any atom is -0.508 e. The molecule has 3 aromatic rings. The van der Waals surface area contributed by atoms with Crippen LogP contribution in [-0.4, -0.2) is 15.9 Å². The van der Waals surface area contributed by atoms with Crippen molar-refractivity contribution < 1.29 is 19.2 Å². The van der Waals surface area contributed by atoms with E-state index in [1.807, 2.05) is 0 Å². The molecule has 7 heteroatoms. The molecule has 0 aliphatic heterocycles. The molecule has 0 fully saturated rings. The number of hydrogen-bond donors (Lipinski definition) is 2. The van der Waals surface area contributed by atoms with Crippen LogP contribution in [0.2, 0.25) is 0 Å². The Labute approximate surface area is 136 Å². The number of nitro benzene ring substituents is 1. The summed E-state index contributed by atoms with van der Waals surface area (Å²) in [6.07, 6.45) is 0. The van der Waals surface area contributed by atoms with Gasteiger partial charge in [-0.15, -0.1) is 0 Å². The minimum atomic E-state index is -0.498. The van der Waals surface area contributed by atoms with E-state index in [4.69, 9.17) is 4.42 Å². The molecule has 120 valence electrons. The molecular weight excluding hydrogens is 312 g/mol. The van der Waals surface area contributed by atoms with Crippen LogP contribution in [0.15, 0.2) is 65.1 Å². The van der Waals surface area contributed by atoms with E-state index in [1.54, 1.807) is 30.3 Å². The number of carbonyl (C=O) groups is 1. The number of amides is 1. The number of benzene rings is 2. The topological polar surface area (TPSA) is 106 Å². The zero-order chi connectivity index (χ0) is 17.1. The Morgan fingerprint density at radius 1 is 1.08 bits per heavy atom. The van der Waals surface area contributed by atoms with Crippen molar-refractivity contribution in [1.29, 1.82) is 0 Å². The summed E-state index contributed by atoms with van der Waals surface area (Å²) in [6.45, 7) is 0. The maximum absolute atomic E-state index is 12.2. The molecule has 0 saturated heterocycles. The molecule has 0 saturated carbocycles. The van der Waals surface area contributed by atoms with Crippen LogP contribution in [0.4, 0.5) is 11.4 Å². The van der Waals surface area contributed by atoms with Gasteiger partial charge in [-0.2, -0.15) is 0 Å². The quantitative estimate of drug-likeness (QED) is 0.560. The first-order chi connectivity index (χ1) is 11.5. The van der Waals surface area contributed by atoms with Crippen molar-refractivity contribution in [2.45, 2.75) is 0 Å². The number of nitrogens with zero attached hydrogens (tertiary/aromatic N) is 1.